The van der Waals surface area contributed by atoms with E-state index >= 15 is 0 Å². The highest BCUT2D eigenvalue weighted by atomic mass is 16.5. The first-order chi connectivity index (χ1) is 17.5. The number of hydrogen-bond donors (Lipinski definition) is 3. The summed E-state index contributed by atoms with van der Waals surface area (Å²) < 4.78 is 5.56. The van der Waals surface area contributed by atoms with Crippen LogP contribution in [0, 0.1) is 0 Å². The lowest BCUT2D eigenvalue weighted by Crippen LogP contribution is -2.36. The molecule has 1 saturated heterocycles. The van der Waals surface area contributed by atoms with Gasteiger partial charge in [-0.15, -0.1) is 0 Å². The number of amides is 5. The van der Waals surface area contributed by atoms with Crippen LogP contribution in [0.5, 0.6) is 0 Å². The second kappa shape index (κ2) is 10.0. The van der Waals surface area contributed by atoms with E-state index in [1.54, 1.807) is 36.4 Å². The minimum absolute atomic E-state index is 0.142. The van der Waals surface area contributed by atoms with Crippen molar-refractivity contribution in [3.8, 4) is 0 Å². The molecular formula is C27H24N4O5. The fraction of sp³-hybridized carbons (Fsp3) is 0.185. The second-order valence-electron chi connectivity index (χ2n) is 8.59. The first kappa shape index (κ1) is 23.3. The van der Waals surface area contributed by atoms with Crippen LogP contribution in [-0.4, -0.2) is 47.9 Å². The van der Waals surface area contributed by atoms with Crippen molar-refractivity contribution in [1.82, 2.24) is 4.90 Å². The molecule has 0 radical (unpaired) electrons. The van der Waals surface area contributed by atoms with Crippen molar-refractivity contribution < 1.29 is 23.9 Å². The first-order valence-corrected chi connectivity index (χ1v) is 11.6. The van der Waals surface area contributed by atoms with Gasteiger partial charge in [0.15, 0.2) is 0 Å². The molecular weight excluding hydrogens is 460 g/mol. The number of carbonyl (C=O) groups excluding carboxylic acids is 4. The molecule has 2 aliphatic heterocycles. The minimum atomic E-state index is -0.418. The van der Waals surface area contributed by atoms with E-state index in [9.17, 15) is 19.2 Å². The molecule has 3 N–H and O–H groups in total. The third kappa shape index (κ3) is 4.96. The number of para-hydroxylation sites is 1. The molecule has 182 valence electrons. The molecule has 0 aliphatic carbocycles. The van der Waals surface area contributed by atoms with Gasteiger partial charge in [0.1, 0.15) is 0 Å². The maximum absolute atomic E-state index is 12.8. The van der Waals surface area contributed by atoms with Gasteiger partial charge < -0.3 is 20.7 Å². The zero-order chi connectivity index (χ0) is 25.1. The number of rotatable bonds is 6. The molecule has 2 aliphatic rings. The molecule has 5 amide bonds. The average Bonchev–Trinajstić information content (AvgIpc) is 3.48. The van der Waals surface area contributed by atoms with Crippen molar-refractivity contribution in [3.05, 3.63) is 89.5 Å². The normalized spacial score (nSPS) is 16.6. The predicted molar refractivity (Wildman–Crippen MR) is 134 cm³/mol. The lowest BCUT2D eigenvalue weighted by molar-refractivity contribution is 0.0475. The number of fused-ring (bicyclic) bond motifs is 1. The number of anilines is 3. The zero-order valence-corrected chi connectivity index (χ0v) is 19.3. The summed E-state index contributed by atoms with van der Waals surface area (Å²) in [7, 11) is 0. The molecule has 9 nitrogen and oxygen atoms in total. The number of imide groups is 1. The molecule has 1 atom stereocenters. The van der Waals surface area contributed by atoms with E-state index in [1.165, 1.54) is 23.1 Å². The van der Waals surface area contributed by atoms with Gasteiger partial charge in [-0.25, -0.2) is 4.79 Å². The summed E-state index contributed by atoms with van der Waals surface area (Å²) in [6, 6.07) is 19.8. The number of hydrogen-bond acceptors (Lipinski definition) is 5. The predicted octanol–water partition coefficient (Wildman–Crippen LogP) is 4.36. The Kier molecular flexibility index (Phi) is 6.46. The maximum atomic E-state index is 12.8. The van der Waals surface area contributed by atoms with Crippen LogP contribution in [-0.2, 0) is 4.74 Å². The van der Waals surface area contributed by atoms with E-state index in [0.717, 1.165) is 12.8 Å². The van der Waals surface area contributed by atoms with Gasteiger partial charge in [0.25, 0.3) is 17.7 Å². The molecule has 2 heterocycles. The Hall–Kier alpha value is -4.50. The molecule has 5 rings (SSSR count). The molecule has 0 aromatic heterocycles. The van der Waals surface area contributed by atoms with Crippen molar-refractivity contribution in [3.63, 3.8) is 0 Å². The summed E-state index contributed by atoms with van der Waals surface area (Å²) in [4.78, 5) is 51.7. The topological polar surface area (TPSA) is 117 Å². The van der Waals surface area contributed by atoms with Gasteiger partial charge in [-0.05, 0) is 67.4 Å². The Morgan fingerprint density at radius 1 is 0.806 bits per heavy atom. The summed E-state index contributed by atoms with van der Waals surface area (Å²) >= 11 is 0. The van der Waals surface area contributed by atoms with Gasteiger partial charge >= 0.3 is 6.03 Å². The third-order valence-electron chi connectivity index (χ3n) is 6.08. The third-order valence-corrected chi connectivity index (χ3v) is 6.08. The molecule has 9 heteroatoms. The fourth-order valence-corrected chi connectivity index (χ4v) is 4.24. The monoisotopic (exact) mass is 484 g/mol. The first-order valence-electron chi connectivity index (χ1n) is 11.6. The van der Waals surface area contributed by atoms with Crippen molar-refractivity contribution in [2.24, 2.45) is 0 Å². The zero-order valence-electron chi connectivity index (χ0n) is 19.3. The highest BCUT2D eigenvalue weighted by Crippen LogP contribution is 2.26. The van der Waals surface area contributed by atoms with E-state index in [2.05, 4.69) is 16.0 Å². The van der Waals surface area contributed by atoms with E-state index in [0.29, 0.717) is 29.2 Å². The van der Waals surface area contributed by atoms with E-state index in [-0.39, 0.29) is 35.7 Å². The fourth-order valence-electron chi connectivity index (χ4n) is 4.24. The molecule has 1 unspecified atom stereocenters. The number of ether oxygens (including phenoxy) is 1. The van der Waals surface area contributed by atoms with E-state index in [1.807, 2.05) is 18.2 Å². The standard InChI is InChI=1S/C27H24N4O5/c32-24(28-19-9-11-20(12-10-19)30-27(35)29-18-5-2-1-3-6-18)17-8-13-22-23(15-17)26(34)31(25(22)33)16-21-7-4-14-36-21/h1-3,5-6,8-13,15,21H,4,7,14,16H2,(H,28,32)(H2,29,30,35). The van der Waals surface area contributed by atoms with Crippen molar-refractivity contribution >= 4 is 40.8 Å². The number of benzene rings is 3. The van der Waals surface area contributed by atoms with Crippen LogP contribution >= 0.6 is 0 Å². The summed E-state index contributed by atoms with van der Waals surface area (Å²) in [5.74, 6) is -1.20. The van der Waals surface area contributed by atoms with Crippen molar-refractivity contribution in [1.29, 1.82) is 0 Å². The van der Waals surface area contributed by atoms with Gasteiger partial charge in [0.05, 0.1) is 23.8 Å². The number of nitrogens with zero attached hydrogens (tertiary/aromatic N) is 1. The van der Waals surface area contributed by atoms with Crippen LogP contribution in [0.25, 0.3) is 0 Å². The Balaban J connectivity index is 1.20. The molecule has 0 spiro atoms. The molecule has 3 aromatic rings. The second-order valence-corrected chi connectivity index (χ2v) is 8.59. The van der Waals surface area contributed by atoms with Gasteiger partial charge in [0.2, 0.25) is 0 Å². The Bertz CT molecular complexity index is 1320. The number of carbonyl (C=O) groups is 4. The quantitative estimate of drug-likeness (QED) is 0.450. The molecule has 0 saturated carbocycles. The summed E-state index contributed by atoms with van der Waals surface area (Å²) in [5.41, 5.74) is 2.50. The summed E-state index contributed by atoms with van der Waals surface area (Å²) in [5, 5.41) is 8.22. The van der Waals surface area contributed by atoms with Crippen LogP contribution in [0.2, 0.25) is 0 Å². The highest BCUT2D eigenvalue weighted by molar-refractivity contribution is 6.22. The summed E-state index contributed by atoms with van der Waals surface area (Å²) in [6.45, 7) is 0.855. The highest BCUT2D eigenvalue weighted by Gasteiger charge is 2.37. The molecule has 0 bridgehead atoms. The van der Waals surface area contributed by atoms with Crippen LogP contribution in [0.1, 0.15) is 43.9 Å². The van der Waals surface area contributed by atoms with Crippen LogP contribution in [0.3, 0.4) is 0 Å². The van der Waals surface area contributed by atoms with Crippen molar-refractivity contribution in [2.75, 3.05) is 29.1 Å². The minimum Gasteiger partial charge on any atom is -0.376 e. The largest absolute Gasteiger partial charge is 0.376 e. The van der Waals surface area contributed by atoms with Crippen molar-refractivity contribution in [2.45, 2.75) is 18.9 Å². The molecule has 1 fully saturated rings. The van der Waals surface area contributed by atoms with E-state index < -0.39 is 11.8 Å². The van der Waals surface area contributed by atoms with E-state index in [4.69, 9.17) is 4.74 Å². The SMILES string of the molecule is O=C(Nc1ccccc1)Nc1ccc(NC(=O)c2ccc3c(c2)C(=O)N(CC2CCCO2)C3=O)cc1. The maximum Gasteiger partial charge on any atom is 0.323 e. The summed E-state index contributed by atoms with van der Waals surface area (Å²) in [6.07, 6.45) is 1.58. The van der Waals surface area contributed by atoms with Crippen LogP contribution < -0.4 is 16.0 Å². The smallest absolute Gasteiger partial charge is 0.323 e. The molecule has 36 heavy (non-hydrogen) atoms. The number of nitrogens with one attached hydrogen (secondary N) is 3. The van der Waals surface area contributed by atoms with Gasteiger partial charge in [-0.1, -0.05) is 18.2 Å². The van der Waals surface area contributed by atoms with Gasteiger partial charge in [-0.3, -0.25) is 19.3 Å². The molecule has 3 aromatic carbocycles. The Labute approximate surface area is 207 Å². The van der Waals surface area contributed by atoms with Gasteiger partial charge in [-0.2, -0.15) is 0 Å². The number of urea groups is 1. The Morgan fingerprint density at radius 2 is 1.44 bits per heavy atom. The van der Waals surface area contributed by atoms with Gasteiger partial charge in [0, 0.05) is 29.2 Å². The lowest BCUT2D eigenvalue weighted by atomic mass is 10.1. The van der Waals surface area contributed by atoms with Crippen LogP contribution in [0.15, 0.2) is 72.8 Å². The Morgan fingerprint density at radius 3 is 2.11 bits per heavy atom. The van der Waals surface area contributed by atoms with Crippen LogP contribution in [0.4, 0.5) is 21.9 Å². The average molecular weight is 485 g/mol. The lowest BCUT2D eigenvalue weighted by Gasteiger charge is -2.17.